The lowest BCUT2D eigenvalue weighted by Crippen LogP contribution is -2.01. The minimum Gasteiger partial charge on any atom is -0.496 e. The van der Waals surface area contributed by atoms with Crippen molar-refractivity contribution in [1.82, 2.24) is 9.97 Å². The molecule has 0 aliphatic rings. The van der Waals surface area contributed by atoms with Crippen LogP contribution in [0, 0.1) is 0 Å². The molecule has 7 heteroatoms. The largest absolute Gasteiger partial charge is 0.496 e. The van der Waals surface area contributed by atoms with Gasteiger partial charge >= 0.3 is 0 Å². The molecule has 0 saturated carbocycles. The van der Waals surface area contributed by atoms with Crippen molar-refractivity contribution in [3.8, 4) is 34.8 Å². The first kappa shape index (κ1) is 17.3. The average molecular weight is 354 g/mol. The van der Waals surface area contributed by atoms with Gasteiger partial charge in [0.05, 0.1) is 14.2 Å². The Morgan fingerprint density at radius 1 is 0.769 bits per heavy atom. The van der Waals surface area contributed by atoms with E-state index in [0.717, 1.165) is 5.56 Å². The van der Waals surface area contributed by atoms with Crippen molar-refractivity contribution in [3.63, 3.8) is 0 Å². The number of rotatable bonds is 6. The Kier molecular flexibility index (Phi) is 5.07. The normalized spacial score (nSPS) is 10.4. The smallest absolute Gasteiger partial charge is 0.262 e. The predicted molar refractivity (Wildman–Crippen MR) is 94.2 cm³/mol. The van der Waals surface area contributed by atoms with Crippen LogP contribution in [0.15, 0.2) is 48.5 Å². The molecule has 26 heavy (non-hydrogen) atoms. The van der Waals surface area contributed by atoms with E-state index >= 15 is 0 Å². The first-order chi connectivity index (χ1) is 12.6. The van der Waals surface area contributed by atoms with Crippen molar-refractivity contribution in [2.45, 2.75) is 6.42 Å². The lowest BCUT2D eigenvalue weighted by Gasteiger charge is -2.12. The van der Waals surface area contributed by atoms with Crippen molar-refractivity contribution in [1.29, 1.82) is 0 Å². The molecule has 0 radical (unpaired) electrons. The van der Waals surface area contributed by atoms with Crippen molar-refractivity contribution < 1.29 is 24.4 Å². The first-order valence-corrected chi connectivity index (χ1v) is 7.84. The number of para-hydroxylation sites is 3. The lowest BCUT2D eigenvalue weighted by molar-refractivity contribution is 0.335. The van der Waals surface area contributed by atoms with Gasteiger partial charge in [-0.15, -0.1) is 0 Å². The number of hydrogen-bond acceptors (Lipinski definition) is 7. The molecule has 0 saturated heterocycles. The molecule has 3 rings (SSSR count). The van der Waals surface area contributed by atoms with Gasteiger partial charge in [-0.3, -0.25) is 0 Å². The minimum atomic E-state index is -0.465. The summed E-state index contributed by atoms with van der Waals surface area (Å²) in [6, 6.07) is 14.2. The van der Waals surface area contributed by atoms with Gasteiger partial charge in [0.1, 0.15) is 11.6 Å². The van der Waals surface area contributed by atoms with Gasteiger partial charge in [-0.2, -0.15) is 9.97 Å². The highest BCUT2D eigenvalue weighted by Gasteiger charge is 2.18. The monoisotopic (exact) mass is 354 g/mol. The summed E-state index contributed by atoms with van der Waals surface area (Å²) in [5.74, 6) is 0.507. The Balaban J connectivity index is 1.89. The third-order valence-corrected chi connectivity index (χ3v) is 3.70. The fourth-order valence-corrected chi connectivity index (χ4v) is 2.47. The molecule has 1 aromatic heterocycles. The van der Waals surface area contributed by atoms with E-state index < -0.39 is 11.8 Å². The van der Waals surface area contributed by atoms with Crippen LogP contribution in [-0.2, 0) is 6.42 Å². The van der Waals surface area contributed by atoms with Crippen molar-refractivity contribution >= 4 is 0 Å². The van der Waals surface area contributed by atoms with Crippen LogP contribution < -0.4 is 14.2 Å². The van der Waals surface area contributed by atoms with E-state index in [0.29, 0.717) is 17.2 Å². The molecule has 0 atom stereocenters. The van der Waals surface area contributed by atoms with Crippen LogP contribution in [0.3, 0.4) is 0 Å². The van der Waals surface area contributed by atoms with Crippen LogP contribution in [0.1, 0.15) is 11.4 Å². The van der Waals surface area contributed by atoms with E-state index in [1.54, 1.807) is 31.4 Å². The van der Waals surface area contributed by atoms with E-state index in [4.69, 9.17) is 14.2 Å². The molecule has 7 nitrogen and oxygen atoms in total. The topological polar surface area (TPSA) is 93.9 Å². The van der Waals surface area contributed by atoms with Gasteiger partial charge in [0.2, 0.25) is 0 Å². The standard InChI is InChI=1S/C19H18N2O5/c1-24-13-8-4-3-7-12(13)11-16-20-18(22)17(19(23)21-16)26-15-10-6-5-9-14(15)25-2/h3-10H,11H2,1-2H3,(H2,20,21,22,23). The van der Waals surface area contributed by atoms with Gasteiger partial charge in [-0.1, -0.05) is 30.3 Å². The second-order valence-corrected chi connectivity index (χ2v) is 5.36. The summed E-state index contributed by atoms with van der Waals surface area (Å²) in [5, 5.41) is 20.4. The summed E-state index contributed by atoms with van der Waals surface area (Å²) >= 11 is 0. The molecule has 0 amide bonds. The molecule has 0 aliphatic heterocycles. The average Bonchev–Trinajstić information content (AvgIpc) is 2.65. The summed E-state index contributed by atoms with van der Waals surface area (Å²) in [4.78, 5) is 8.04. The van der Waals surface area contributed by atoms with Gasteiger partial charge < -0.3 is 24.4 Å². The zero-order valence-electron chi connectivity index (χ0n) is 14.3. The number of methoxy groups -OCH3 is 2. The maximum atomic E-state index is 10.2. The Hall–Kier alpha value is -3.48. The van der Waals surface area contributed by atoms with E-state index in [-0.39, 0.29) is 18.0 Å². The maximum Gasteiger partial charge on any atom is 0.262 e. The molecular formula is C19H18N2O5. The van der Waals surface area contributed by atoms with E-state index in [1.165, 1.54) is 7.11 Å². The highest BCUT2D eigenvalue weighted by atomic mass is 16.5. The zero-order valence-corrected chi connectivity index (χ0v) is 14.3. The second kappa shape index (κ2) is 7.60. The highest BCUT2D eigenvalue weighted by molar-refractivity contribution is 5.49. The number of hydrogen-bond donors (Lipinski definition) is 2. The molecule has 0 aliphatic carbocycles. The summed E-state index contributed by atoms with van der Waals surface area (Å²) in [7, 11) is 3.06. The van der Waals surface area contributed by atoms with Gasteiger partial charge in [-0.05, 0) is 18.2 Å². The second-order valence-electron chi connectivity index (χ2n) is 5.36. The van der Waals surface area contributed by atoms with Crippen LogP contribution in [0.4, 0.5) is 0 Å². The third kappa shape index (κ3) is 3.61. The summed E-state index contributed by atoms with van der Waals surface area (Å²) in [5.41, 5.74) is 0.826. The molecule has 0 fully saturated rings. The number of benzene rings is 2. The molecule has 0 unspecified atom stereocenters. The Bertz CT molecular complexity index is 891. The highest BCUT2D eigenvalue weighted by Crippen LogP contribution is 2.39. The molecular weight excluding hydrogens is 336 g/mol. The van der Waals surface area contributed by atoms with Crippen LogP contribution in [0.5, 0.6) is 34.8 Å². The quantitative estimate of drug-likeness (QED) is 0.701. The number of nitrogens with zero attached hydrogens (tertiary/aromatic N) is 2. The summed E-state index contributed by atoms with van der Waals surface area (Å²) < 4.78 is 16.0. The van der Waals surface area contributed by atoms with Crippen LogP contribution in [0.25, 0.3) is 0 Å². The Morgan fingerprint density at radius 3 is 1.92 bits per heavy atom. The molecule has 0 spiro atoms. The van der Waals surface area contributed by atoms with Crippen molar-refractivity contribution in [2.24, 2.45) is 0 Å². The fourth-order valence-electron chi connectivity index (χ4n) is 2.47. The summed E-state index contributed by atoms with van der Waals surface area (Å²) in [6.45, 7) is 0. The maximum absolute atomic E-state index is 10.2. The SMILES string of the molecule is COc1ccccc1Cc1nc(O)c(Oc2ccccc2OC)c(O)n1. The molecule has 2 aromatic carbocycles. The molecule has 3 aromatic rings. The number of aromatic nitrogens is 2. The van der Waals surface area contributed by atoms with E-state index in [2.05, 4.69) is 9.97 Å². The fraction of sp³-hybridized carbons (Fsp3) is 0.158. The van der Waals surface area contributed by atoms with Crippen LogP contribution in [-0.4, -0.2) is 34.4 Å². The predicted octanol–water partition coefficient (Wildman–Crippen LogP) is 3.29. The molecule has 1 heterocycles. The van der Waals surface area contributed by atoms with Gasteiger partial charge in [0, 0.05) is 12.0 Å². The van der Waals surface area contributed by atoms with Gasteiger partial charge in [-0.25, -0.2) is 0 Å². The molecule has 2 N–H and O–H groups in total. The lowest BCUT2D eigenvalue weighted by atomic mass is 10.1. The molecule has 0 bridgehead atoms. The van der Waals surface area contributed by atoms with Gasteiger partial charge in [0.15, 0.2) is 11.5 Å². The van der Waals surface area contributed by atoms with E-state index in [9.17, 15) is 10.2 Å². The third-order valence-electron chi connectivity index (χ3n) is 3.70. The zero-order chi connectivity index (χ0) is 18.5. The molecule has 134 valence electrons. The number of ether oxygens (including phenoxy) is 3. The van der Waals surface area contributed by atoms with Gasteiger partial charge in [0.25, 0.3) is 17.5 Å². The van der Waals surface area contributed by atoms with Crippen molar-refractivity contribution in [2.75, 3.05) is 14.2 Å². The van der Waals surface area contributed by atoms with E-state index in [1.807, 2.05) is 24.3 Å². The Labute approximate surface area is 150 Å². The van der Waals surface area contributed by atoms with Crippen LogP contribution >= 0.6 is 0 Å². The Morgan fingerprint density at radius 2 is 1.31 bits per heavy atom. The number of aromatic hydroxyl groups is 2. The van der Waals surface area contributed by atoms with Crippen LogP contribution in [0.2, 0.25) is 0 Å². The minimum absolute atomic E-state index is 0.233. The first-order valence-electron chi connectivity index (χ1n) is 7.84. The van der Waals surface area contributed by atoms with Crippen molar-refractivity contribution in [3.05, 3.63) is 59.9 Å². The summed E-state index contributed by atoms with van der Waals surface area (Å²) in [6.07, 6.45) is 0.278.